The Labute approximate surface area is 274 Å². The number of pyridine rings is 2. The van der Waals surface area contributed by atoms with Gasteiger partial charge in [-0.05, 0) is 98.0 Å². The number of aliphatic hydroxyl groups is 1. The fourth-order valence-electron chi connectivity index (χ4n) is 5.98. The maximum Gasteiger partial charge on any atom is 0.274 e. The Morgan fingerprint density at radius 3 is 2.52 bits per heavy atom. The molecule has 238 valence electrons. The molecule has 0 unspecified atom stereocenters. The molecule has 1 aliphatic rings. The molecule has 0 spiro atoms. The van der Waals surface area contributed by atoms with Gasteiger partial charge in [0.25, 0.3) is 5.91 Å². The molecule has 0 aliphatic carbocycles. The average molecular weight is 639 g/mol. The SMILES string of the molecule is CC(=O)CN1CCc2c(C)cc(C(=O)Cc3cccc(-c4cccc(NC(=O)c5ccc(CCCCO)cn5)c4C)c3Cl)nc2C1. The molecule has 0 atom stereocenters. The minimum absolute atomic E-state index is 0.0895. The minimum atomic E-state index is -0.315. The number of halogens is 1. The topological polar surface area (TPSA) is 112 Å². The van der Waals surface area contributed by atoms with Crippen LogP contribution in [0.4, 0.5) is 5.69 Å². The Morgan fingerprint density at radius 1 is 1.00 bits per heavy atom. The normalized spacial score (nSPS) is 12.9. The predicted octanol–water partition coefficient (Wildman–Crippen LogP) is 6.35. The van der Waals surface area contributed by atoms with E-state index in [9.17, 15) is 14.4 Å². The fraction of sp³-hybridized carbons (Fsp3) is 0.324. The molecule has 2 aromatic carbocycles. The van der Waals surface area contributed by atoms with Gasteiger partial charge in [0.05, 0.1) is 17.3 Å². The number of hydrogen-bond acceptors (Lipinski definition) is 7. The summed E-state index contributed by atoms with van der Waals surface area (Å²) >= 11 is 6.95. The molecule has 1 amide bonds. The maximum absolute atomic E-state index is 13.5. The van der Waals surface area contributed by atoms with Gasteiger partial charge in [0.2, 0.25) is 0 Å². The van der Waals surface area contributed by atoms with Crippen molar-refractivity contribution in [2.45, 2.75) is 59.4 Å². The Balaban J connectivity index is 1.32. The summed E-state index contributed by atoms with van der Waals surface area (Å²) in [6, 6.07) is 16.7. The lowest BCUT2D eigenvalue weighted by molar-refractivity contribution is -0.118. The molecule has 1 aliphatic heterocycles. The van der Waals surface area contributed by atoms with E-state index in [1.54, 1.807) is 19.2 Å². The first-order chi connectivity index (χ1) is 22.1. The summed E-state index contributed by atoms with van der Waals surface area (Å²) in [6.07, 6.45) is 4.98. The summed E-state index contributed by atoms with van der Waals surface area (Å²) in [6.45, 7) is 7.40. The van der Waals surface area contributed by atoms with Gasteiger partial charge < -0.3 is 10.4 Å². The number of nitrogens with one attached hydrogen (secondary N) is 1. The van der Waals surface area contributed by atoms with Crippen LogP contribution in [-0.4, -0.2) is 57.1 Å². The van der Waals surface area contributed by atoms with Crippen LogP contribution in [0.1, 0.15) is 74.3 Å². The standard InChI is InChI=1S/C37H39ClN4O4/c1-23-18-33(40-34-22-42(21-24(2)44)16-15-28(23)34)35(45)19-27-9-6-11-30(36(27)38)29-10-7-12-31(25(29)3)41-37(46)32-14-13-26(20-39-32)8-4-5-17-43/h6-7,9-14,18,20,43H,4-5,8,15-17,19,21-22H2,1-3H3,(H,41,46). The van der Waals surface area contributed by atoms with Crippen LogP contribution in [0.2, 0.25) is 5.02 Å². The van der Waals surface area contributed by atoms with Crippen molar-refractivity contribution in [2.75, 3.05) is 25.0 Å². The molecular weight excluding hydrogens is 600 g/mol. The highest BCUT2D eigenvalue weighted by atomic mass is 35.5. The van der Waals surface area contributed by atoms with Crippen molar-refractivity contribution >= 4 is 34.8 Å². The van der Waals surface area contributed by atoms with E-state index in [1.807, 2.05) is 62.4 Å². The van der Waals surface area contributed by atoms with Crippen molar-refractivity contribution in [3.8, 4) is 11.1 Å². The van der Waals surface area contributed by atoms with Gasteiger partial charge in [0.1, 0.15) is 17.2 Å². The van der Waals surface area contributed by atoms with Gasteiger partial charge >= 0.3 is 0 Å². The lowest BCUT2D eigenvalue weighted by Gasteiger charge is -2.28. The number of aliphatic hydroxyl groups excluding tert-OH is 1. The number of nitrogens with zero attached hydrogens (tertiary/aromatic N) is 3. The van der Waals surface area contributed by atoms with E-state index < -0.39 is 0 Å². The van der Waals surface area contributed by atoms with Gasteiger partial charge in [0.15, 0.2) is 5.78 Å². The van der Waals surface area contributed by atoms with E-state index in [0.29, 0.717) is 40.8 Å². The molecule has 9 heteroatoms. The van der Waals surface area contributed by atoms with Crippen molar-refractivity contribution in [1.82, 2.24) is 14.9 Å². The summed E-state index contributed by atoms with van der Waals surface area (Å²) < 4.78 is 0. The van der Waals surface area contributed by atoms with Gasteiger partial charge in [-0.2, -0.15) is 0 Å². The number of benzene rings is 2. The number of aromatic nitrogens is 2. The molecule has 0 saturated carbocycles. The molecule has 0 radical (unpaired) electrons. The van der Waals surface area contributed by atoms with Crippen LogP contribution in [0, 0.1) is 13.8 Å². The van der Waals surface area contributed by atoms with E-state index in [0.717, 1.165) is 71.3 Å². The lowest BCUT2D eigenvalue weighted by atomic mass is 9.94. The third kappa shape index (κ3) is 7.76. The van der Waals surface area contributed by atoms with Crippen LogP contribution in [0.5, 0.6) is 0 Å². The van der Waals surface area contributed by atoms with E-state index in [-0.39, 0.29) is 30.5 Å². The third-order valence-electron chi connectivity index (χ3n) is 8.45. The van der Waals surface area contributed by atoms with Crippen LogP contribution in [0.15, 0.2) is 60.8 Å². The first kappa shape index (κ1) is 33.1. The molecular formula is C37H39ClN4O4. The first-order valence-electron chi connectivity index (χ1n) is 15.6. The number of hydrogen-bond donors (Lipinski definition) is 2. The van der Waals surface area contributed by atoms with Gasteiger partial charge in [-0.3, -0.25) is 24.3 Å². The molecule has 46 heavy (non-hydrogen) atoms. The number of aryl methyl sites for hydroxylation is 2. The number of amides is 1. The van der Waals surface area contributed by atoms with E-state index in [1.165, 1.54) is 0 Å². The maximum atomic E-state index is 13.5. The number of fused-ring (bicyclic) bond motifs is 1. The van der Waals surface area contributed by atoms with Gasteiger partial charge in [-0.1, -0.05) is 48.0 Å². The van der Waals surface area contributed by atoms with Crippen molar-refractivity contribution in [2.24, 2.45) is 0 Å². The lowest BCUT2D eigenvalue weighted by Crippen LogP contribution is -2.35. The second kappa shape index (κ2) is 14.9. The van der Waals surface area contributed by atoms with Gasteiger partial charge in [-0.25, -0.2) is 4.98 Å². The molecule has 0 fully saturated rings. The predicted molar refractivity (Wildman–Crippen MR) is 181 cm³/mol. The van der Waals surface area contributed by atoms with E-state index in [2.05, 4.69) is 15.2 Å². The van der Waals surface area contributed by atoms with Crippen LogP contribution in [-0.2, 0) is 30.6 Å². The zero-order chi connectivity index (χ0) is 32.8. The van der Waals surface area contributed by atoms with Gasteiger partial charge in [-0.15, -0.1) is 0 Å². The molecule has 2 N–H and O–H groups in total. The number of ketones is 2. The van der Waals surface area contributed by atoms with E-state index in [4.69, 9.17) is 21.7 Å². The average Bonchev–Trinajstić information content (AvgIpc) is 3.03. The first-order valence-corrected chi connectivity index (χ1v) is 16.0. The molecule has 2 aromatic heterocycles. The largest absolute Gasteiger partial charge is 0.396 e. The Kier molecular flexibility index (Phi) is 10.7. The van der Waals surface area contributed by atoms with Crippen LogP contribution >= 0.6 is 11.6 Å². The van der Waals surface area contributed by atoms with Crippen molar-refractivity contribution in [1.29, 1.82) is 0 Å². The number of unbranched alkanes of at least 4 members (excludes halogenated alkanes) is 1. The van der Waals surface area contributed by atoms with Gasteiger partial charge in [0, 0.05) is 43.6 Å². The molecule has 4 aromatic rings. The monoisotopic (exact) mass is 638 g/mol. The van der Waals surface area contributed by atoms with Crippen LogP contribution in [0.25, 0.3) is 11.1 Å². The Bertz CT molecular complexity index is 1770. The molecule has 8 nitrogen and oxygen atoms in total. The number of carbonyl (C=O) groups excluding carboxylic acids is 3. The van der Waals surface area contributed by atoms with Crippen molar-refractivity contribution < 1.29 is 19.5 Å². The number of anilines is 1. The number of Topliss-reactive ketones (excluding diaryl/α,β-unsaturated/α-hetero) is 2. The third-order valence-corrected chi connectivity index (χ3v) is 8.90. The molecule has 3 heterocycles. The Morgan fingerprint density at radius 2 is 1.78 bits per heavy atom. The summed E-state index contributed by atoms with van der Waals surface area (Å²) in [5, 5.41) is 12.4. The quantitative estimate of drug-likeness (QED) is 0.137. The summed E-state index contributed by atoms with van der Waals surface area (Å²) in [5.74, 6) is -0.332. The zero-order valence-electron chi connectivity index (χ0n) is 26.5. The number of rotatable bonds is 12. The fourth-order valence-corrected chi connectivity index (χ4v) is 6.27. The second-order valence-corrected chi connectivity index (χ2v) is 12.3. The summed E-state index contributed by atoms with van der Waals surface area (Å²) in [4.78, 5) is 49.4. The molecule has 0 bridgehead atoms. The van der Waals surface area contributed by atoms with Crippen LogP contribution in [0.3, 0.4) is 0 Å². The van der Waals surface area contributed by atoms with Crippen molar-refractivity contribution in [3.05, 3.63) is 111 Å². The highest BCUT2D eigenvalue weighted by Crippen LogP contribution is 2.36. The number of carbonyl (C=O) groups is 3. The highest BCUT2D eigenvalue weighted by Gasteiger charge is 2.23. The van der Waals surface area contributed by atoms with Crippen LogP contribution < -0.4 is 5.32 Å². The zero-order valence-corrected chi connectivity index (χ0v) is 27.3. The molecule has 5 rings (SSSR count). The van der Waals surface area contributed by atoms with E-state index >= 15 is 0 Å². The van der Waals surface area contributed by atoms with Crippen molar-refractivity contribution in [3.63, 3.8) is 0 Å². The second-order valence-electron chi connectivity index (χ2n) is 12.0. The highest BCUT2D eigenvalue weighted by molar-refractivity contribution is 6.34. The summed E-state index contributed by atoms with van der Waals surface area (Å²) in [7, 11) is 0. The minimum Gasteiger partial charge on any atom is -0.396 e. The summed E-state index contributed by atoms with van der Waals surface area (Å²) in [5.41, 5.74) is 8.55. The molecule has 0 saturated heterocycles. The smallest absolute Gasteiger partial charge is 0.274 e. The Hall–Kier alpha value is -4.24.